The molecule has 0 radical (unpaired) electrons. The summed E-state index contributed by atoms with van der Waals surface area (Å²) in [6.45, 7) is 7.94. The van der Waals surface area contributed by atoms with Gasteiger partial charge in [-0.05, 0) is 89.2 Å². The van der Waals surface area contributed by atoms with Gasteiger partial charge in [0.05, 0.1) is 6.10 Å². The Kier molecular flexibility index (Phi) is 5.43. The van der Waals surface area contributed by atoms with Crippen LogP contribution in [0.1, 0.15) is 64.9 Å². The first kappa shape index (κ1) is 21.7. The van der Waals surface area contributed by atoms with Gasteiger partial charge in [0.1, 0.15) is 5.82 Å². The standard InChI is InChI=1S/C25H34FN3O3/c1-16(2)32-24(31)29-19-5-6-20(29)14-21(13-19)27-10-8-25(9-11-27)15-28(17(3)30)23-7-4-18(26)12-22(23)25/h4,7,12,16,19-21H,5-6,8-11,13-15H2,1-3H3. The first-order valence-corrected chi connectivity index (χ1v) is 12.1. The molecule has 2 amide bonds. The molecule has 0 saturated carbocycles. The second kappa shape index (κ2) is 8.01. The molecule has 1 aromatic rings. The van der Waals surface area contributed by atoms with E-state index in [-0.39, 0.29) is 41.4 Å². The maximum absolute atomic E-state index is 14.1. The van der Waals surface area contributed by atoms with Crippen LogP contribution in [0.4, 0.5) is 14.9 Å². The quantitative estimate of drug-likeness (QED) is 0.692. The Hall–Kier alpha value is -2.15. The maximum Gasteiger partial charge on any atom is 0.410 e. The molecule has 32 heavy (non-hydrogen) atoms. The van der Waals surface area contributed by atoms with Crippen LogP contribution in [0.2, 0.25) is 0 Å². The van der Waals surface area contributed by atoms with Gasteiger partial charge in [-0.3, -0.25) is 4.79 Å². The monoisotopic (exact) mass is 443 g/mol. The third-order valence-electron chi connectivity index (χ3n) is 8.19. The Morgan fingerprint density at radius 1 is 1.09 bits per heavy atom. The van der Waals surface area contributed by atoms with Gasteiger partial charge in [-0.1, -0.05) is 0 Å². The van der Waals surface area contributed by atoms with Crippen LogP contribution in [-0.2, 0) is 14.9 Å². The van der Waals surface area contributed by atoms with Crippen molar-refractivity contribution in [2.45, 2.75) is 88.9 Å². The first-order chi connectivity index (χ1) is 15.3. The summed E-state index contributed by atoms with van der Waals surface area (Å²) in [5, 5.41) is 0. The minimum atomic E-state index is -0.229. The number of piperidine rings is 2. The van der Waals surface area contributed by atoms with E-state index in [4.69, 9.17) is 4.74 Å². The Balaban J connectivity index is 1.27. The second-order valence-electron chi connectivity index (χ2n) is 10.4. The van der Waals surface area contributed by atoms with Crippen LogP contribution < -0.4 is 4.90 Å². The third kappa shape index (κ3) is 3.58. The van der Waals surface area contributed by atoms with Crippen LogP contribution in [0.5, 0.6) is 0 Å². The zero-order valence-corrected chi connectivity index (χ0v) is 19.3. The fraction of sp³-hybridized carbons (Fsp3) is 0.680. The van der Waals surface area contributed by atoms with Gasteiger partial charge in [-0.25, -0.2) is 9.18 Å². The molecule has 3 fully saturated rings. The molecule has 3 saturated heterocycles. The highest BCUT2D eigenvalue weighted by molar-refractivity contribution is 5.94. The zero-order chi connectivity index (χ0) is 22.6. The van der Waals surface area contributed by atoms with Gasteiger partial charge in [0.2, 0.25) is 5.91 Å². The predicted octanol–water partition coefficient (Wildman–Crippen LogP) is 4.07. The van der Waals surface area contributed by atoms with E-state index in [1.165, 1.54) is 6.07 Å². The zero-order valence-electron chi connectivity index (χ0n) is 19.3. The number of ether oxygens (including phenoxy) is 1. The Labute approximate surface area is 189 Å². The van der Waals surface area contributed by atoms with Crippen LogP contribution in [0.25, 0.3) is 0 Å². The summed E-state index contributed by atoms with van der Waals surface area (Å²) in [6.07, 6.45) is 5.74. The number of hydrogen-bond donors (Lipinski definition) is 0. The van der Waals surface area contributed by atoms with Crippen LogP contribution in [-0.4, -0.2) is 65.7 Å². The van der Waals surface area contributed by atoms with Crippen molar-refractivity contribution >= 4 is 17.7 Å². The molecule has 5 rings (SSSR count). The smallest absolute Gasteiger partial charge is 0.410 e. The van der Waals surface area contributed by atoms with E-state index in [2.05, 4.69) is 4.90 Å². The minimum absolute atomic E-state index is 0.0226. The normalized spacial score (nSPS) is 29.0. The SMILES string of the molecule is CC(=O)N1CC2(CCN(C3CC4CCC(C3)N4C(=O)OC(C)C)CC2)c2cc(F)ccc21. The number of rotatable bonds is 2. The Morgan fingerprint density at radius 2 is 1.75 bits per heavy atom. The maximum atomic E-state index is 14.1. The molecule has 0 N–H and O–H groups in total. The number of carbonyl (C=O) groups is 2. The van der Waals surface area contributed by atoms with Gasteiger partial charge in [0, 0.05) is 42.7 Å². The van der Waals surface area contributed by atoms with Gasteiger partial charge in [-0.2, -0.15) is 0 Å². The summed E-state index contributed by atoms with van der Waals surface area (Å²) >= 11 is 0. The number of nitrogens with zero attached hydrogens (tertiary/aromatic N) is 3. The van der Waals surface area contributed by atoms with E-state index < -0.39 is 0 Å². The van der Waals surface area contributed by atoms with E-state index in [9.17, 15) is 14.0 Å². The van der Waals surface area contributed by atoms with E-state index in [0.29, 0.717) is 12.6 Å². The van der Waals surface area contributed by atoms with Crippen molar-refractivity contribution in [1.82, 2.24) is 9.80 Å². The van der Waals surface area contributed by atoms with Crippen LogP contribution in [0, 0.1) is 5.82 Å². The number of fused-ring (bicyclic) bond motifs is 4. The molecule has 4 aliphatic rings. The van der Waals surface area contributed by atoms with E-state index in [1.807, 2.05) is 23.6 Å². The van der Waals surface area contributed by atoms with E-state index in [0.717, 1.165) is 62.9 Å². The molecule has 2 atom stereocenters. The Morgan fingerprint density at radius 3 is 2.34 bits per heavy atom. The molecule has 1 aromatic carbocycles. The van der Waals surface area contributed by atoms with E-state index in [1.54, 1.807) is 19.1 Å². The molecular formula is C25H34FN3O3. The highest BCUT2D eigenvalue weighted by Crippen LogP contribution is 2.48. The van der Waals surface area contributed by atoms with Gasteiger partial charge in [0.25, 0.3) is 0 Å². The van der Waals surface area contributed by atoms with Crippen molar-refractivity contribution in [1.29, 1.82) is 0 Å². The number of hydrogen-bond acceptors (Lipinski definition) is 4. The third-order valence-corrected chi connectivity index (χ3v) is 8.19. The van der Waals surface area contributed by atoms with Gasteiger partial charge in [0.15, 0.2) is 0 Å². The topological polar surface area (TPSA) is 53.1 Å². The van der Waals surface area contributed by atoms with Crippen LogP contribution >= 0.6 is 0 Å². The molecule has 4 heterocycles. The number of anilines is 1. The minimum Gasteiger partial charge on any atom is -0.447 e. The fourth-order valence-corrected chi connectivity index (χ4v) is 6.67. The Bertz CT molecular complexity index is 898. The van der Waals surface area contributed by atoms with Gasteiger partial charge >= 0.3 is 6.09 Å². The summed E-state index contributed by atoms with van der Waals surface area (Å²) in [4.78, 5) is 31.2. The molecule has 174 valence electrons. The number of carbonyl (C=O) groups excluding carboxylic acids is 2. The summed E-state index contributed by atoms with van der Waals surface area (Å²) in [5.74, 6) is -0.206. The average molecular weight is 444 g/mol. The summed E-state index contributed by atoms with van der Waals surface area (Å²) in [5.41, 5.74) is 1.72. The fourth-order valence-electron chi connectivity index (χ4n) is 6.67. The first-order valence-electron chi connectivity index (χ1n) is 12.1. The van der Waals surface area contributed by atoms with Gasteiger partial charge in [-0.15, -0.1) is 0 Å². The van der Waals surface area contributed by atoms with Crippen LogP contribution in [0.15, 0.2) is 18.2 Å². The average Bonchev–Trinajstić information content (AvgIpc) is 3.19. The highest BCUT2D eigenvalue weighted by Gasteiger charge is 2.49. The molecule has 0 aromatic heterocycles. The van der Waals surface area contributed by atoms with Crippen molar-refractivity contribution < 1.29 is 18.7 Å². The lowest BCUT2D eigenvalue weighted by atomic mass is 9.73. The van der Waals surface area contributed by atoms with Crippen molar-refractivity contribution in [3.63, 3.8) is 0 Å². The molecule has 2 unspecified atom stereocenters. The number of amides is 2. The molecule has 6 nitrogen and oxygen atoms in total. The molecule has 2 bridgehead atoms. The summed E-state index contributed by atoms with van der Waals surface area (Å²) in [7, 11) is 0. The largest absolute Gasteiger partial charge is 0.447 e. The van der Waals surface area contributed by atoms with Crippen molar-refractivity contribution in [3.8, 4) is 0 Å². The highest BCUT2D eigenvalue weighted by atomic mass is 19.1. The van der Waals surface area contributed by atoms with Crippen molar-refractivity contribution in [2.75, 3.05) is 24.5 Å². The summed E-state index contributed by atoms with van der Waals surface area (Å²) < 4.78 is 19.6. The molecule has 7 heteroatoms. The number of benzene rings is 1. The molecule has 0 aliphatic carbocycles. The lowest BCUT2D eigenvalue weighted by Gasteiger charge is -2.47. The van der Waals surface area contributed by atoms with Crippen molar-refractivity contribution in [3.05, 3.63) is 29.6 Å². The number of halogens is 1. The summed E-state index contributed by atoms with van der Waals surface area (Å²) in [6, 6.07) is 5.89. The van der Waals surface area contributed by atoms with E-state index >= 15 is 0 Å². The molecular weight excluding hydrogens is 409 g/mol. The second-order valence-corrected chi connectivity index (χ2v) is 10.4. The predicted molar refractivity (Wildman–Crippen MR) is 120 cm³/mol. The molecule has 1 spiro atoms. The van der Waals surface area contributed by atoms with Gasteiger partial charge < -0.3 is 19.4 Å². The van der Waals surface area contributed by atoms with Crippen LogP contribution in [0.3, 0.4) is 0 Å². The number of likely N-dealkylation sites (tertiary alicyclic amines) is 1. The molecule has 4 aliphatic heterocycles. The van der Waals surface area contributed by atoms with Crippen molar-refractivity contribution in [2.24, 2.45) is 0 Å². The lowest BCUT2D eigenvalue weighted by molar-refractivity contribution is -0.116. The lowest BCUT2D eigenvalue weighted by Crippen LogP contribution is -2.55.